The van der Waals surface area contributed by atoms with E-state index in [2.05, 4.69) is 5.32 Å². The summed E-state index contributed by atoms with van der Waals surface area (Å²) in [6.07, 6.45) is 4.80. The Hall–Kier alpha value is -1.40. The van der Waals surface area contributed by atoms with Gasteiger partial charge in [-0.15, -0.1) is 0 Å². The zero-order valence-electron chi connectivity index (χ0n) is 9.90. The van der Waals surface area contributed by atoms with Crippen LogP contribution in [0.3, 0.4) is 0 Å². The molecule has 0 aromatic carbocycles. The lowest BCUT2D eigenvalue weighted by Crippen LogP contribution is -2.62. The third-order valence-electron chi connectivity index (χ3n) is 2.90. The van der Waals surface area contributed by atoms with Gasteiger partial charge in [0.05, 0.1) is 5.41 Å². The van der Waals surface area contributed by atoms with Crippen LogP contribution in [0.5, 0.6) is 0 Å². The first kappa shape index (κ1) is 13.7. The Morgan fingerprint density at radius 2 is 2.00 bits per heavy atom. The van der Waals surface area contributed by atoms with E-state index in [0.29, 0.717) is 19.4 Å². The number of carboxylic acid groups (broad SMARTS) is 1. The van der Waals surface area contributed by atoms with Crippen LogP contribution < -0.4 is 16.8 Å². The van der Waals surface area contributed by atoms with Crippen LogP contribution in [-0.2, 0) is 9.59 Å². The summed E-state index contributed by atoms with van der Waals surface area (Å²) in [6.45, 7) is 2.17. The molecule has 6 N–H and O–H groups in total. The Kier molecular flexibility index (Phi) is 3.90. The summed E-state index contributed by atoms with van der Waals surface area (Å²) in [5.74, 6) is -1.61. The molecule has 0 heterocycles. The van der Waals surface area contributed by atoms with Crippen molar-refractivity contribution in [3.05, 3.63) is 12.2 Å². The molecule has 6 heteroatoms. The SMILES string of the molecule is CC1(C(=O)N[C@](N)(CCCCN)C(=O)O)C=C1. The second-order valence-corrected chi connectivity index (χ2v) is 4.59. The van der Waals surface area contributed by atoms with Crippen LogP contribution in [0.4, 0.5) is 0 Å². The van der Waals surface area contributed by atoms with Crippen LogP contribution in [-0.4, -0.2) is 29.2 Å². The molecule has 6 nitrogen and oxygen atoms in total. The van der Waals surface area contributed by atoms with Crippen LogP contribution in [0.25, 0.3) is 0 Å². The average Bonchev–Trinajstić information content (AvgIpc) is 2.98. The molecule has 1 amide bonds. The van der Waals surface area contributed by atoms with Crippen molar-refractivity contribution in [2.24, 2.45) is 16.9 Å². The van der Waals surface area contributed by atoms with Crippen molar-refractivity contribution in [1.29, 1.82) is 0 Å². The number of aliphatic carboxylic acids is 1. The van der Waals surface area contributed by atoms with Gasteiger partial charge in [-0.25, -0.2) is 4.79 Å². The van der Waals surface area contributed by atoms with E-state index in [1.165, 1.54) is 0 Å². The average molecular weight is 241 g/mol. The minimum atomic E-state index is -1.71. The Bertz CT molecular complexity index is 348. The molecule has 1 rings (SSSR count). The van der Waals surface area contributed by atoms with Gasteiger partial charge in [-0.05, 0) is 32.7 Å². The first-order chi connectivity index (χ1) is 7.84. The van der Waals surface area contributed by atoms with Gasteiger partial charge in [0.1, 0.15) is 0 Å². The second kappa shape index (κ2) is 4.85. The molecule has 17 heavy (non-hydrogen) atoms. The van der Waals surface area contributed by atoms with Gasteiger partial charge in [0.2, 0.25) is 5.91 Å². The number of rotatable bonds is 7. The van der Waals surface area contributed by atoms with Crippen LogP contribution in [0.15, 0.2) is 12.2 Å². The smallest absolute Gasteiger partial charge is 0.344 e. The minimum Gasteiger partial charge on any atom is -0.478 e. The largest absolute Gasteiger partial charge is 0.478 e. The van der Waals surface area contributed by atoms with Gasteiger partial charge in [-0.3, -0.25) is 10.5 Å². The van der Waals surface area contributed by atoms with Crippen LogP contribution in [0.2, 0.25) is 0 Å². The number of unbranched alkanes of at least 4 members (excludes halogenated alkanes) is 1. The summed E-state index contributed by atoms with van der Waals surface area (Å²) < 4.78 is 0. The Labute approximate surface area is 100 Å². The lowest BCUT2D eigenvalue weighted by Gasteiger charge is -2.27. The fourth-order valence-corrected chi connectivity index (χ4v) is 1.38. The van der Waals surface area contributed by atoms with Crippen LogP contribution in [0.1, 0.15) is 26.2 Å². The number of hydrogen-bond donors (Lipinski definition) is 4. The highest BCUT2D eigenvalue weighted by Crippen LogP contribution is 2.34. The zero-order chi connectivity index (χ0) is 13.1. The molecule has 0 spiro atoms. The maximum atomic E-state index is 11.7. The number of amides is 1. The number of nitrogens with one attached hydrogen (secondary N) is 1. The Morgan fingerprint density at radius 3 is 2.41 bits per heavy atom. The van der Waals surface area contributed by atoms with Gasteiger partial charge in [-0.1, -0.05) is 12.2 Å². The fraction of sp³-hybridized carbons (Fsp3) is 0.636. The third kappa shape index (κ3) is 3.28. The van der Waals surface area contributed by atoms with E-state index in [-0.39, 0.29) is 12.3 Å². The first-order valence-electron chi connectivity index (χ1n) is 5.59. The molecule has 0 aromatic heterocycles. The van der Waals surface area contributed by atoms with Gasteiger partial charge < -0.3 is 16.2 Å². The standard InChI is InChI=1S/C11H19N3O3/c1-10(5-6-10)8(15)14-11(13,9(16)17)4-2-3-7-12/h5-6H,2-4,7,12-13H2,1H3,(H,14,15)(H,16,17)/t11-/m1/s1. The van der Waals surface area contributed by atoms with Crippen molar-refractivity contribution < 1.29 is 14.7 Å². The van der Waals surface area contributed by atoms with Crippen LogP contribution >= 0.6 is 0 Å². The highest BCUT2D eigenvalue weighted by atomic mass is 16.4. The molecular weight excluding hydrogens is 222 g/mol. The highest BCUT2D eigenvalue weighted by Gasteiger charge is 2.43. The summed E-state index contributed by atoms with van der Waals surface area (Å²) >= 11 is 0. The summed E-state index contributed by atoms with van der Waals surface area (Å²) in [6, 6.07) is 0. The van der Waals surface area contributed by atoms with E-state index < -0.39 is 17.0 Å². The second-order valence-electron chi connectivity index (χ2n) is 4.59. The molecule has 0 unspecified atom stereocenters. The molecule has 0 fully saturated rings. The Morgan fingerprint density at radius 1 is 1.41 bits per heavy atom. The van der Waals surface area contributed by atoms with Crippen molar-refractivity contribution in [1.82, 2.24) is 5.32 Å². The van der Waals surface area contributed by atoms with E-state index in [0.717, 1.165) is 0 Å². The minimum absolute atomic E-state index is 0.168. The fourth-order valence-electron chi connectivity index (χ4n) is 1.38. The number of carbonyl (C=O) groups excluding carboxylic acids is 1. The number of hydrogen-bond acceptors (Lipinski definition) is 4. The lowest BCUT2D eigenvalue weighted by atomic mass is 10.00. The van der Waals surface area contributed by atoms with Gasteiger partial charge >= 0.3 is 5.97 Å². The lowest BCUT2D eigenvalue weighted by molar-refractivity contribution is -0.148. The molecule has 0 saturated carbocycles. The molecule has 1 aliphatic rings. The van der Waals surface area contributed by atoms with Crippen molar-refractivity contribution in [2.45, 2.75) is 31.8 Å². The van der Waals surface area contributed by atoms with E-state index in [4.69, 9.17) is 16.6 Å². The highest BCUT2D eigenvalue weighted by molar-refractivity contribution is 5.94. The van der Waals surface area contributed by atoms with Crippen molar-refractivity contribution in [3.8, 4) is 0 Å². The van der Waals surface area contributed by atoms with Crippen molar-refractivity contribution >= 4 is 11.9 Å². The molecule has 0 radical (unpaired) electrons. The predicted molar refractivity (Wildman–Crippen MR) is 62.8 cm³/mol. The topological polar surface area (TPSA) is 118 Å². The molecule has 1 aliphatic carbocycles. The van der Waals surface area contributed by atoms with Gasteiger partial charge in [-0.2, -0.15) is 0 Å². The van der Waals surface area contributed by atoms with Crippen molar-refractivity contribution in [3.63, 3.8) is 0 Å². The van der Waals surface area contributed by atoms with Crippen LogP contribution in [0, 0.1) is 5.41 Å². The van der Waals surface area contributed by atoms with E-state index in [1.807, 2.05) is 0 Å². The molecule has 1 atom stereocenters. The predicted octanol–water partition coefficient (Wildman–Crippen LogP) is -0.453. The quantitative estimate of drug-likeness (QED) is 0.273. The maximum absolute atomic E-state index is 11.7. The molecule has 0 aliphatic heterocycles. The summed E-state index contributed by atoms with van der Waals surface area (Å²) in [5.41, 5.74) is 8.65. The van der Waals surface area contributed by atoms with E-state index >= 15 is 0 Å². The van der Waals surface area contributed by atoms with Gasteiger partial charge in [0.25, 0.3) is 0 Å². The number of carbonyl (C=O) groups is 2. The molecule has 96 valence electrons. The molecule has 0 bridgehead atoms. The third-order valence-corrected chi connectivity index (χ3v) is 2.90. The first-order valence-corrected chi connectivity index (χ1v) is 5.59. The molecule has 0 saturated heterocycles. The maximum Gasteiger partial charge on any atom is 0.344 e. The monoisotopic (exact) mass is 241 g/mol. The van der Waals surface area contributed by atoms with Crippen molar-refractivity contribution in [2.75, 3.05) is 6.54 Å². The molecular formula is C11H19N3O3. The summed E-state index contributed by atoms with van der Waals surface area (Å²) in [5, 5.41) is 11.5. The van der Waals surface area contributed by atoms with E-state index in [9.17, 15) is 9.59 Å². The van der Waals surface area contributed by atoms with Gasteiger partial charge in [0, 0.05) is 0 Å². The number of carboxylic acids is 1. The van der Waals surface area contributed by atoms with Gasteiger partial charge in [0.15, 0.2) is 5.66 Å². The number of nitrogens with two attached hydrogens (primary N) is 2. The summed E-state index contributed by atoms with van der Waals surface area (Å²) in [4.78, 5) is 22.8. The normalized spacial score (nSPS) is 19.5. The molecule has 0 aromatic rings. The van der Waals surface area contributed by atoms with E-state index in [1.54, 1.807) is 19.1 Å². The summed E-state index contributed by atoms with van der Waals surface area (Å²) in [7, 11) is 0. The zero-order valence-corrected chi connectivity index (χ0v) is 9.90. The Balaban J connectivity index is 2.58.